The molecule has 0 aromatic heterocycles. The molecule has 0 radical (unpaired) electrons. The van der Waals surface area contributed by atoms with E-state index in [2.05, 4.69) is 0 Å². The van der Waals surface area contributed by atoms with E-state index in [0.717, 1.165) is 0 Å². The summed E-state index contributed by atoms with van der Waals surface area (Å²) in [6.45, 7) is 5.13. The normalized spacial score (nSPS) is 11.0. The summed E-state index contributed by atoms with van der Waals surface area (Å²) in [6.07, 6.45) is 0.552. The fourth-order valence-electron chi connectivity index (χ4n) is 2.08. The molecule has 1 rings (SSSR count). The van der Waals surface area contributed by atoms with Gasteiger partial charge in [0.1, 0.15) is 12.4 Å². The topological polar surface area (TPSA) is 52.6 Å². The number of esters is 2. The molecule has 1 aromatic carbocycles. The Balaban J connectivity index is 2.83. The molecule has 0 amide bonds. The van der Waals surface area contributed by atoms with E-state index in [0.29, 0.717) is 0 Å². The largest absolute Gasteiger partial charge is 0.465 e. The van der Waals surface area contributed by atoms with E-state index in [1.807, 2.05) is 0 Å². The van der Waals surface area contributed by atoms with Gasteiger partial charge >= 0.3 is 11.9 Å². The molecule has 4 nitrogen and oxygen atoms in total. The van der Waals surface area contributed by atoms with Gasteiger partial charge in [0, 0.05) is 5.56 Å². The first-order valence-corrected chi connectivity index (χ1v) is 7.09. The van der Waals surface area contributed by atoms with Crippen molar-refractivity contribution in [3.63, 3.8) is 0 Å². The Labute approximate surface area is 124 Å². The first-order chi connectivity index (χ1) is 10.0. The average Bonchev–Trinajstić information content (AvgIpc) is 2.48. The zero-order valence-electron chi connectivity index (χ0n) is 12.6. The standard InChI is InChI=1S/C16H21FO4/c1-4-16(5-2,14(18)20-6-3)15(19)21-11-12-9-7-8-10-13(12)17/h7-10H,4-6,11H2,1-3H3. The van der Waals surface area contributed by atoms with Crippen LogP contribution in [0.1, 0.15) is 39.2 Å². The molecule has 0 spiro atoms. The van der Waals surface area contributed by atoms with Crippen molar-refractivity contribution in [3.05, 3.63) is 35.6 Å². The molecule has 0 saturated carbocycles. The van der Waals surface area contributed by atoms with Gasteiger partial charge in [-0.2, -0.15) is 0 Å². The van der Waals surface area contributed by atoms with Crippen LogP contribution in [-0.4, -0.2) is 18.5 Å². The van der Waals surface area contributed by atoms with Gasteiger partial charge in [-0.25, -0.2) is 4.39 Å². The highest BCUT2D eigenvalue weighted by atomic mass is 19.1. The van der Waals surface area contributed by atoms with Gasteiger partial charge in [0.2, 0.25) is 0 Å². The highest BCUT2D eigenvalue weighted by molar-refractivity contribution is 5.99. The monoisotopic (exact) mass is 296 g/mol. The Morgan fingerprint density at radius 1 is 1.05 bits per heavy atom. The molecular formula is C16H21FO4. The van der Waals surface area contributed by atoms with E-state index in [-0.39, 0.29) is 31.6 Å². The third kappa shape index (κ3) is 3.80. The van der Waals surface area contributed by atoms with E-state index in [4.69, 9.17) is 9.47 Å². The molecule has 0 fully saturated rings. The number of ether oxygens (including phenoxy) is 2. The van der Waals surface area contributed by atoms with Crippen molar-refractivity contribution in [2.45, 2.75) is 40.2 Å². The van der Waals surface area contributed by atoms with Crippen LogP contribution in [0.2, 0.25) is 0 Å². The average molecular weight is 296 g/mol. The summed E-state index contributed by atoms with van der Waals surface area (Å²) in [5.41, 5.74) is -1.04. The lowest BCUT2D eigenvalue weighted by Crippen LogP contribution is -2.41. The van der Waals surface area contributed by atoms with E-state index in [1.165, 1.54) is 12.1 Å². The molecule has 0 atom stereocenters. The number of hydrogen-bond acceptors (Lipinski definition) is 4. The van der Waals surface area contributed by atoms with Gasteiger partial charge in [0.15, 0.2) is 5.41 Å². The summed E-state index contributed by atoms with van der Waals surface area (Å²) in [7, 11) is 0. The summed E-state index contributed by atoms with van der Waals surface area (Å²) < 4.78 is 23.6. The highest BCUT2D eigenvalue weighted by Gasteiger charge is 2.45. The molecule has 116 valence electrons. The number of carbonyl (C=O) groups is 2. The number of benzene rings is 1. The molecule has 0 aliphatic carbocycles. The maximum atomic E-state index is 13.5. The molecular weight excluding hydrogens is 275 g/mol. The summed E-state index contributed by atoms with van der Waals surface area (Å²) in [6, 6.07) is 6.04. The third-order valence-corrected chi connectivity index (χ3v) is 3.58. The van der Waals surface area contributed by atoms with Gasteiger partial charge in [-0.15, -0.1) is 0 Å². The maximum absolute atomic E-state index is 13.5. The zero-order valence-corrected chi connectivity index (χ0v) is 12.6. The third-order valence-electron chi connectivity index (χ3n) is 3.58. The second kappa shape index (κ2) is 7.76. The summed E-state index contributed by atoms with van der Waals surface area (Å²) in [5.74, 6) is -1.71. The lowest BCUT2D eigenvalue weighted by molar-refractivity contribution is -0.173. The fraction of sp³-hybridized carbons (Fsp3) is 0.500. The minimum atomic E-state index is -1.32. The SMILES string of the molecule is CCOC(=O)C(CC)(CC)C(=O)OCc1ccccc1F. The van der Waals surface area contributed by atoms with Gasteiger partial charge < -0.3 is 9.47 Å². The second-order valence-electron chi connectivity index (χ2n) is 4.68. The molecule has 0 bridgehead atoms. The Kier molecular flexibility index (Phi) is 6.34. The van der Waals surface area contributed by atoms with E-state index in [9.17, 15) is 14.0 Å². The Morgan fingerprint density at radius 2 is 1.62 bits per heavy atom. The van der Waals surface area contributed by atoms with Crippen LogP contribution in [0.5, 0.6) is 0 Å². The quantitative estimate of drug-likeness (QED) is 0.572. The zero-order chi connectivity index (χ0) is 15.9. The lowest BCUT2D eigenvalue weighted by atomic mass is 9.82. The van der Waals surface area contributed by atoms with Crippen molar-refractivity contribution in [3.8, 4) is 0 Å². The first-order valence-electron chi connectivity index (χ1n) is 7.09. The Hall–Kier alpha value is -1.91. The number of hydrogen-bond donors (Lipinski definition) is 0. The molecule has 0 unspecified atom stereocenters. The molecule has 0 aliphatic rings. The molecule has 0 aliphatic heterocycles. The maximum Gasteiger partial charge on any atom is 0.323 e. The molecule has 1 aromatic rings. The lowest BCUT2D eigenvalue weighted by Gasteiger charge is -2.26. The molecule has 0 heterocycles. The van der Waals surface area contributed by atoms with Crippen molar-refractivity contribution < 1.29 is 23.5 Å². The highest BCUT2D eigenvalue weighted by Crippen LogP contribution is 2.30. The van der Waals surface area contributed by atoms with Crippen LogP contribution >= 0.6 is 0 Å². The van der Waals surface area contributed by atoms with Crippen LogP contribution in [-0.2, 0) is 25.7 Å². The predicted molar refractivity (Wildman–Crippen MR) is 75.8 cm³/mol. The van der Waals surface area contributed by atoms with Crippen LogP contribution in [0.25, 0.3) is 0 Å². The van der Waals surface area contributed by atoms with Crippen molar-refractivity contribution in [2.24, 2.45) is 5.41 Å². The van der Waals surface area contributed by atoms with Crippen LogP contribution in [0.15, 0.2) is 24.3 Å². The van der Waals surface area contributed by atoms with Gasteiger partial charge in [-0.3, -0.25) is 9.59 Å². The number of carbonyl (C=O) groups excluding carboxylic acids is 2. The molecule has 0 saturated heterocycles. The van der Waals surface area contributed by atoms with Crippen molar-refractivity contribution >= 4 is 11.9 Å². The Bertz CT molecular complexity index is 495. The predicted octanol–water partition coefficient (Wildman–Crippen LogP) is 3.24. The Morgan fingerprint density at radius 3 is 2.14 bits per heavy atom. The minimum Gasteiger partial charge on any atom is -0.465 e. The molecule has 0 N–H and O–H groups in total. The van der Waals surface area contributed by atoms with Crippen molar-refractivity contribution in [2.75, 3.05) is 6.61 Å². The van der Waals surface area contributed by atoms with E-state index in [1.54, 1.807) is 32.9 Å². The second-order valence-corrected chi connectivity index (χ2v) is 4.68. The van der Waals surface area contributed by atoms with E-state index >= 15 is 0 Å². The summed E-state index contributed by atoms with van der Waals surface area (Å²) in [4.78, 5) is 24.3. The number of rotatable bonds is 7. The van der Waals surface area contributed by atoms with Crippen LogP contribution in [0.4, 0.5) is 4.39 Å². The summed E-state index contributed by atoms with van der Waals surface area (Å²) >= 11 is 0. The molecule has 5 heteroatoms. The van der Waals surface area contributed by atoms with Crippen LogP contribution < -0.4 is 0 Å². The minimum absolute atomic E-state index is 0.196. The van der Waals surface area contributed by atoms with Crippen LogP contribution in [0.3, 0.4) is 0 Å². The van der Waals surface area contributed by atoms with Gasteiger partial charge in [-0.05, 0) is 25.8 Å². The van der Waals surface area contributed by atoms with Gasteiger partial charge in [0.05, 0.1) is 6.61 Å². The fourth-order valence-corrected chi connectivity index (χ4v) is 2.08. The van der Waals surface area contributed by atoms with Gasteiger partial charge in [0.25, 0.3) is 0 Å². The van der Waals surface area contributed by atoms with Crippen LogP contribution in [0, 0.1) is 11.2 Å². The first kappa shape index (κ1) is 17.1. The summed E-state index contributed by atoms with van der Waals surface area (Å²) in [5, 5.41) is 0. The number of halogens is 1. The van der Waals surface area contributed by atoms with Crippen molar-refractivity contribution in [1.82, 2.24) is 0 Å². The van der Waals surface area contributed by atoms with Gasteiger partial charge in [-0.1, -0.05) is 32.0 Å². The molecule has 21 heavy (non-hydrogen) atoms. The smallest absolute Gasteiger partial charge is 0.323 e. The van der Waals surface area contributed by atoms with Crippen molar-refractivity contribution in [1.29, 1.82) is 0 Å². The van der Waals surface area contributed by atoms with E-state index < -0.39 is 23.2 Å².